The molecule has 0 saturated carbocycles. The van der Waals surface area contributed by atoms with Gasteiger partial charge in [0.1, 0.15) is 5.75 Å². The van der Waals surface area contributed by atoms with Crippen LogP contribution < -0.4 is 9.08 Å². The summed E-state index contributed by atoms with van der Waals surface area (Å²) in [5.41, 5.74) is -2.35. The zero-order valence-electron chi connectivity index (χ0n) is 15.0. The van der Waals surface area contributed by atoms with E-state index in [1.165, 1.54) is 18.0 Å². The maximum absolute atomic E-state index is 12.9. The lowest BCUT2D eigenvalue weighted by atomic mass is 9.94. The van der Waals surface area contributed by atoms with Gasteiger partial charge in [-0.2, -0.15) is 21.6 Å². The molecule has 0 atom stereocenters. The van der Waals surface area contributed by atoms with Crippen molar-refractivity contribution in [1.29, 1.82) is 0 Å². The van der Waals surface area contributed by atoms with Crippen LogP contribution >= 0.6 is 0 Å². The predicted octanol–water partition coefficient (Wildman–Crippen LogP) is 4.13. The Labute approximate surface area is 160 Å². The first-order valence-corrected chi connectivity index (χ1v) is 9.62. The van der Waals surface area contributed by atoms with E-state index in [0.717, 1.165) is 24.1 Å². The molecule has 1 aliphatic rings. The summed E-state index contributed by atoms with van der Waals surface area (Å²) in [4.78, 5) is 14.2. The van der Waals surface area contributed by atoms with Crippen molar-refractivity contribution in [3.63, 3.8) is 0 Å². The number of nitrogens with zero attached hydrogens (tertiary/aromatic N) is 1. The van der Waals surface area contributed by atoms with Gasteiger partial charge in [0.05, 0.1) is 11.3 Å². The van der Waals surface area contributed by atoms with Crippen LogP contribution in [0.4, 0.5) is 18.9 Å². The summed E-state index contributed by atoms with van der Waals surface area (Å²) in [6, 6.07) is 8.92. The minimum Gasteiger partial charge on any atom is -0.376 e. The molecule has 3 rings (SSSR count). The Bertz CT molecular complexity index is 1090. The summed E-state index contributed by atoms with van der Waals surface area (Å²) >= 11 is 0. The lowest BCUT2D eigenvalue weighted by Gasteiger charge is -2.18. The van der Waals surface area contributed by atoms with E-state index < -0.39 is 27.3 Å². The molecule has 2 aromatic carbocycles. The average molecular weight is 411 g/mol. The normalized spacial score (nSPS) is 14.4. The van der Waals surface area contributed by atoms with Gasteiger partial charge in [-0.15, -0.1) is 0 Å². The van der Waals surface area contributed by atoms with Crippen molar-refractivity contribution in [3.8, 4) is 5.75 Å². The Morgan fingerprint density at radius 1 is 1.07 bits per heavy atom. The van der Waals surface area contributed by atoms with Crippen LogP contribution in [0, 0.1) is 0 Å². The molecule has 0 bridgehead atoms. The van der Waals surface area contributed by atoms with E-state index >= 15 is 0 Å². The number of halogens is 3. The van der Waals surface area contributed by atoms with Gasteiger partial charge in [0.2, 0.25) is 0 Å². The topological polar surface area (TPSA) is 63.7 Å². The van der Waals surface area contributed by atoms with E-state index in [9.17, 15) is 26.4 Å². The number of aryl methyl sites for hydroxylation is 1. The van der Waals surface area contributed by atoms with Crippen molar-refractivity contribution in [2.45, 2.75) is 18.9 Å². The molecule has 1 amide bonds. The Morgan fingerprint density at radius 3 is 2.36 bits per heavy atom. The van der Waals surface area contributed by atoms with E-state index in [1.807, 2.05) is 19.1 Å². The molecule has 0 N–H and O–H groups in total. The lowest BCUT2D eigenvalue weighted by Crippen LogP contribution is -2.28. The molecule has 0 fully saturated rings. The summed E-state index contributed by atoms with van der Waals surface area (Å²) in [5, 5.41) is 0. The third-order valence-corrected chi connectivity index (χ3v) is 5.48. The average Bonchev–Trinajstić information content (AvgIpc) is 2.70. The zero-order valence-corrected chi connectivity index (χ0v) is 15.8. The molecular formula is C19H16F3NO4S. The summed E-state index contributed by atoms with van der Waals surface area (Å²) in [6.45, 7) is 6.01. The number of carbonyl (C=O) groups excluding carboxylic acids is 1. The highest BCUT2D eigenvalue weighted by atomic mass is 32.2. The number of hydrogen-bond donors (Lipinski definition) is 0. The molecule has 1 aliphatic heterocycles. The van der Waals surface area contributed by atoms with Crippen LogP contribution in [-0.4, -0.2) is 26.9 Å². The monoisotopic (exact) mass is 411 g/mol. The zero-order chi connectivity index (χ0) is 20.9. The van der Waals surface area contributed by atoms with Gasteiger partial charge in [0.15, 0.2) is 0 Å². The molecule has 2 aromatic rings. The van der Waals surface area contributed by atoms with Gasteiger partial charge in [-0.25, -0.2) is 0 Å². The van der Waals surface area contributed by atoms with Crippen molar-refractivity contribution in [2.24, 2.45) is 0 Å². The van der Waals surface area contributed by atoms with Crippen molar-refractivity contribution in [3.05, 3.63) is 65.2 Å². The fraction of sp³-hybridized carbons (Fsp3) is 0.211. The Balaban J connectivity index is 2.12. The molecule has 0 aromatic heterocycles. The first-order valence-electron chi connectivity index (χ1n) is 8.21. The minimum atomic E-state index is -5.84. The van der Waals surface area contributed by atoms with Gasteiger partial charge in [-0.1, -0.05) is 19.6 Å². The summed E-state index contributed by atoms with van der Waals surface area (Å²) < 4.78 is 64.4. The molecule has 0 saturated heterocycles. The first kappa shape index (κ1) is 19.9. The van der Waals surface area contributed by atoms with E-state index in [0.29, 0.717) is 22.4 Å². The summed E-state index contributed by atoms with van der Waals surface area (Å²) in [6.07, 6.45) is 0.771. The SMILES string of the molecule is C=C1c2ccc(OS(=O)(=O)C(F)(F)F)cc2C(=O)N(C)c2ccc(CC)cc21. The Morgan fingerprint density at radius 2 is 1.75 bits per heavy atom. The van der Waals surface area contributed by atoms with Gasteiger partial charge >= 0.3 is 15.6 Å². The third kappa shape index (κ3) is 3.26. The third-order valence-electron chi connectivity index (χ3n) is 4.50. The highest BCUT2D eigenvalue weighted by molar-refractivity contribution is 7.88. The maximum atomic E-state index is 12.9. The van der Waals surface area contributed by atoms with E-state index in [4.69, 9.17) is 0 Å². The molecule has 5 nitrogen and oxygen atoms in total. The molecule has 28 heavy (non-hydrogen) atoms. The van der Waals surface area contributed by atoms with Crippen LogP contribution in [0.3, 0.4) is 0 Å². The van der Waals surface area contributed by atoms with Crippen molar-refractivity contribution >= 4 is 27.3 Å². The molecule has 0 radical (unpaired) electrons. The summed E-state index contributed by atoms with van der Waals surface area (Å²) in [5.74, 6) is -1.13. The molecule has 9 heteroatoms. The second kappa shape index (κ2) is 6.66. The van der Waals surface area contributed by atoms with E-state index in [-0.39, 0.29) is 5.56 Å². The van der Waals surface area contributed by atoms with Crippen LogP contribution in [0.5, 0.6) is 5.75 Å². The molecule has 0 aliphatic carbocycles. The fourth-order valence-corrected chi connectivity index (χ4v) is 3.41. The fourth-order valence-electron chi connectivity index (χ4n) is 2.96. The lowest BCUT2D eigenvalue weighted by molar-refractivity contribution is -0.0500. The molecular weight excluding hydrogens is 395 g/mol. The quantitative estimate of drug-likeness (QED) is 0.563. The Kier molecular flexibility index (Phi) is 4.74. The van der Waals surface area contributed by atoms with Gasteiger partial charge in [0.25, 0.3) is 5.91 Å². The number of amides is 1. The second-order valence-corrected chi connectivity index (χ2v) is 7.78. The number of fused-ring (bicyclic) bond motifs is 2. The van der Waals surface area contributed by atoms with Crippen molar-refractivity contribution in [2.75, 3.05) is 11.9 Å². The standard InChI is InChI=1S/C19H16F3NO4S/c1-4-12-5-8-17-15(9-12)11(2)14-7-6-13(10-16(14)18(24)23(17)3)27-28(25,26)19(20,21)22/h5-10H,2,4H2,1,3H3. The van der Waals surface area contributed by atoms with Gasteiger partial charge in [-0.3, -0.25) is 4.79 Å². The number of hydrogen-bond acceptors (Lipinski definition) is 4. The molecule has 0 spiro atoms. The minimum absolute atomic E-state index is 0.00313. The van der Waals surface area contributed by atoms with Crippen LogP contribution in [0.2, 0.25) is 0 Å². The van der Waals surface area contributed by atoms with Gasteiger partial charge in [0, 0.05) is 12.6 Å². The predicted molar refractivity (Wildman–Crippen MR) is 98.7 cm³/mol. The van der Waals surface area contributed by atoms with Crippen LogP contribution in [0.1, 0.15) is 34.0 Å². The maximum Gasteiger partial charge on any atom is 0.534 e. The first-order chi connectivity index (χ1) is 13.0. The van der Waals surface area contributed by atoms with Crippen molar-refractivity contribution < 1.29 is 30.6 Å². The highest BCUT2D eigenvalue weighted by Crippen LogP contribution is 2.39. The van der Waals surface area contributed by atoms with E-state index in [2.05, 4.69) is 10.8 Å². The Hall–Kier alpha value is -2.81. The molecule has 148 valence electrons. The van der Waals surface area contributed by atoms with Gasteiger partial charge in [-0.05, 0) is 53.5 Å². The number of alkyl halides is 3. The smallest absolute Gasteiger partial charge is 0.376 e. The van der Waals surface area contributed by atoms with Crippen LogP contribution in [0.25, 0.3) is 5.57 Å². The number of anilines is 1. The molecule has 1 heterocycles. The number of rotatable bonds is 3. The number of carbonyl (C=O) groups is 1. The van der Waals surface area contributed by atoms with Crippen LogP contribution in [-0.2, 0) is 16.5 Å². The largest absolute Gasteiger partial charge is 0.534 e. The van der Waals surface area contributed by atoms with E-state index in [1.54, 1.807) is 6.07 Å². The second-order valence-electron chi connectivity index (χ2n) is 6.24. The van der Waals surface area contributed by atoms with Crippen molar-refractivity contribution in [1.82, 2.24) is 0 Å². The summed E-state index contributed by atoms with van der Waals surface area (Å²) in [7, 11) is -4.32. The van der Waals surface area contributed by atoms with Crippen LogP contribution in [0.15, 0.2) is 43.0 Å². The van der Waals surface area contributed by atoms with Gasteiger partial charge < -0.3 is 9.08 Å². The molecule has 0 unspecified atom stereocenters. The highest BCUT2D eigenvalue weighted by Gasteiger charge is 2.48. The number of benzene rings is 2.